The van der Waals surface area contributed by atoms with Crippen LogP contribution in [0.1, 0.15) is 66.6 Å². The lowest BCUT2D eigenvalue weighted by Gasteiger charge is -2.11. The largest absolute Gasteiger partial charge is 0.465 e. The zero-order valence-corrected chi connectivity index (χ0v) is 20.6. The average molecular weight is 485 g/mol. The van der Waals surface area contributed by atoms with E-state index in [9.17, 15) is 14.4 Å². The van der Waals surface area contributed by atoms with Gasteiger partial charge in [-0.3, -0.25) is 4.79 Å². The summed E-state index contributed by atoms with van der Waals surface area (Å²) in [7, 11) is 1.34. The Morgan fingerprint density at radius 2 is 1.64 bits per heavy atom. The number of aromatic nitrogens is 2. The number of nitrogens with one attached hydrogen (secondary N) is 1. The summed E-state index contributed by atoms with van der Waals surface area (Å²) in [5, 5.41) is 1.06. The second-order valence-corrected chi connectivity index (χ2v) is 9.21. The van der Waals surface area contributed by atoms with Gasteiger partial charge in [-0.25, -0.2) is 9.59 Å². The lowest BCUT2D eigenvalue weighted by atomic mass is 9.95. The van der Waals surface area contributed by atoms with E-state index in [1.165, 1.54) is 24.8 Å². The molecule has 5 rings (SSSR count). The third-order valence-electron chi connectivity index (χ3n) is 6.95. The molecule has 0 bridgehead atoms. The molecule has 2 aromatic heterocycles. The van der Waals surface area contributed by atoms with Crippen LogP contribution in [0.2, 0.25) is 0 Å². The quantitative estimate of drug-likeness (QED) is 0.297. The topological polar surface area (TPSA) is 90.4 Å². The fraction of sp³-hybridized carbons (Fsp3) is 0.276. The van der Waals surface area contributed by atoms with E-state index in [0.717, 1.165) is 47.2 Å². The molecule has 1 aliphatic rings. The highest BCUT2D eigenvalue weighted by molar-refractivity contribution is 6.01. The predicted molar refractivity (Wildman–Crippen MR) is 136 cm³/mol. The van der Waals surface area contributed by atoms with Crippen molar-refractivity contribution in [3.63, 3.8) is 0 Å². The number of carbonyl (C=O) groups is 3. The minimum Gasteiger partial charge on any atom is -0.465 e. The first-order valence-electron chi connectivity index (χ1n) is 12.1. The van der Waals surface area contributed by atoms with Gasteiger partial charge in [-0.05, 0) is 93.6 Å². The van der Waals surface area contributed by atoms with Gasteiger partial charge in [0.1, 0.15) is 0 Å². The van der Waals surface area contributed by atoms with E-state index < -0.39 is 11.9 Å². The third-order valence-corrected chi connectivity index (χ3v) is 6.95. The summed E-state index contributed by atoms with van der Waals surface area (Å²) in [6.07, 6.45) is 4.37. The fourth-order valence-corrected chi connectivity index (χ4v) is 5.13. The Hall–Kier alpha value is -4.13. The number of rotatable bonds is 6. The number of nitrogens with zero attached hydrogens (tertiary/aromatic N) is 1. The van der Waals surface area contributed by atoms with E-state index in [-0.39, 0.29) is 12.4 Å². The van der Waals surface area contributed by atoms with Crippen LogP contribution < -0.4 is 0 Å². The maximum Gasteiger partial charge on any atom is 0.338 e. The highest BCUT2D eigenvalue weighted by Gasteiger charge is 2.21. The van der Waals surface area contributed by atoms with Crippen molar-refractivity contribution in [2.24, 2.45) is 0 Å². The number of fused-ring (bicyclic) bond motifs is 3. The number of H-pyrrole nitrogens is 1. The molecule has 0 fully saturated rings. The van der Waals surface area contributed by atoms with Crippen molar-refractivity contribution in [1.29, 1.82) is 0 Å². The van der Waals surface area contributed by atoms with Gasteiger partial charge in [0.2, 0.25) is 5.78 Å². The number of Topliss-reactive ketones (excluding diaryl/α,β-unsaturated/α-hetero) is 1. The predicted octanol–water partition coefficient (Wildman–Crippen LogP) is 5.28. The monoisotopic (exact) mass is 484 g/mol. The number of ketones is 1. The highest BCUT2D eigenvalue weighted by Crippen LogP contribution is 2.30. The summed E-state index contributed by atoms with van der Waals surface area (Å²) >= 11 is 0. The summed E-state index contributed by atoms with van der Waals surface area (Å²) in [5.74, 6) is -1.19. The van der Waals surface area contributed by atoms with E-state index in [0.29, 0.717) is 16.7 Å². The second kappa shape index (κ2) is 9.49. The van der Waals surface area contributed by atoms with E-state index in [2.05, 4.69) is 4.98 Å². The first-order chi connectivity index (χ1) is 17.4. The van der Waals surface area contributed by atoms with Gasteiger partial charge >= 0.3 is 11.9 Å². The maximum atomic E-state index is 13.0. The van der Waals surface area contributed by atoms with Gasteiger partial charge < -0.3 is 19.0 Å². The smallest absolute Gasteiger partial charge is 0.338 e. The van der Waals surface area contributed by atoms with Gasteiger partial charge in [0.05, 0.1) is 18.2 Å². The number of aromatic amines is 1. The second-order valence-electron chi connectivity index (χ2n) is 9.21. The standard InChI is InChI=1S/C29H28N2O5/c1-17-14-23(18(2)31(17)21-11-8-19(9-12-21)28(33)35-3)27(32)16-36-29(34)20-10-13-26-24(15-20)22-6-4-5-7-25(22)30-26/h8-15,30H,4-7,16H2,1-3H3. The molecule has 184 valence electrons. The minimum atomic E-state index is -0.511. The van der Waals surface area contributed by atoms with Gasteiger partial charge in [-0.2, -0.15) is 0 Å². The normalized spacial score (nSPS) is 12.9. The first kappa shape index (κ1) is 23.6. The van der Waals surface area contributed by atoms with Crippen LogP contribution >= 0.6 is 0 Å². The summed E-state index contributed by atoms with van der Waals surface area (Å²) in [6, 6.07) is 14.3. The molecular weight excluding hydrogens is 456 g/mol. The van der Waals surface area contributed by atoms with Crippen LogP contribution in [0.3, 0.4) is 0 Å². The minimum absolute atomic E-state index is 0.269. The maximum absolute atomic E-state index is 13.0. The zero-order valence-electron chi connectivity index (χ0n) is 20.6. The van der Waals surface area contributed by atoms with Crippen molar-refractivity contribution in [3.8, 4) is 5.69 Å². The zero-order chi connectivity index (χ0) is 25.4. The Morgan fingerprint density at radius 1 is 0.917 bits per heavy atom. The van der Waals surface area contributed by atoms with Crippen molar-refractivity contribution in [3.05, 3.63) is 87.9 Å². The van der Waals surface area contributed by atoms with Gasteiger partial charge in [0, 0.05) is 39.2 Å². The molecule has 0 saturated heterocycles. The number of esters is 2. The molecule has 0 unspecified atom stereocenters. The van der Waals surface area contributed by atoms with Crippen molar-refractivity contribution in [1.82, 2.24) is 9.55 Å². The average Bonchev–Trinajstić information content (AvgIpc) is 3.42. The van der Waals surface area contributed by atoms with Crippen LogP contribution in [0, 0.1) is 13.8 Å². The van der Waals surface area contributed by atoms with E-state index >= 15 is 0 Å². The van der Waals surface area contributed by atoms with Crippen LogP contribution in [-0.4, -0.2) is 41.0 Å². The molecule has 0 saturated carbocycles. The Bertz CT molecular complexity index is 1490. The molecular formula is C29H28N2O5. The molecule has 36 heavy (non-hydrogen) atoms. The Kier molecular flexibility index (Phi) is 6.22. The molecule has 0 aliphatic heterocycles. The molecule has 0 amide bonds. The highest BCUT2D eigenvalue weighted by atomic mass is 16.5. The molecule has 2 heterocycles. The lowest BCUT2D eigenvalue weighted by Crippen LogP contribution is -2.15. The molecule has 2 aromatic carbocycles. The van der Waals surface area contributed by atoms with E-state index in [4.69, 9.17) is 9.47 Å². The summed E-state index contributed by atoms with van der Waals surface area (Å²) in [6.45, 7) is 3.41. The third kappa shape index (κ3) is 4.21. The van der Waals surface area contributed by atoms with Gasteiger partial charge in [0.15, 0.2) is 6.61 Å². The molecule has 7 heteroatoms. The Labute approximate surface area is 209 Å². The fourth-order valence-electron chi connectivity index (χ4n) is 5.13. The van der Waals surface area contributed by atoms with E-state index in [1.807, 2.05) is 30.5 Å². The molecule has 1 N–H and O–H groups in total. The van der Waals surface area contributed by atoms with Crippen molar-refractivity contribution >= 4 is 28.6 Å². The lowest BCUT2D eigenvalue weighted by molar-refractivity contribution is 0.0474. The van der Waals surface area contributed by atoms with Crippen LogP contribution in [0.4, 0.5) is 0 Å². The van der Waals surface area contributed by atoms with Crippen LogP contribution in [0.15, 0.2) is 48.5 Å². The molecule has 0 spiro atoms. The summed E-state index contributed by atoms with van der Waals surface area (Å²) < 4.78 is 12.1. The first-order valence-corrected chi connectivity index (χ1v) is 12.1. The van der Waals surface area contributed by atoms with Crippen molar-refractivity contribution in [2.45, 2.75) is 39.5 Å². The number of ether oxygens (including phenoxy) is 2. The molecule has 4 aromatic rings. The van der Waals surface area contributed by atoms with Crippen LogP contribution in [0.25, 0.3) is 16.6 Å². The summed E-state index contributed by atoms with van der Waals surface area (Å²) in [5.41, 5.74) is 7.37. The number of aryl methyl sites for hydroxylation is 3. The number of methoxy groups -OCH3 is 1. The van der Waals surface area contributed by atoms with Crippen molar-refractivity contribution in [2.75, 3.05) is 13.7 Å². The Morgan fingerprint density at radius 3 is 2.39 bits per heavy atom. The van der Waals surface area contributed by atoms with Crippen LogP contribution in [0.5, 0.6) is 0 Å². The summed E-state index contributed by atoms with van der Waals surface area (Å²) in [4.78, 5) is 40.9. The number of carbonyl (C=O) groups excluding carboxylic acids is 3. The number of hydrogen-bond acceptors (Lipinski definition) is 5. The SMILES string of the molecule is COC(=O)c1ccc(-n2c(C)cc(C(=O)COC(=O)c3ccc4[nH]c5c(c4c3)CCCC5)c2C)cc1. The molecule has 1 aliphatic carbocycles. The molecule has 0 radical (unpaired) electrons. The van der Waals surface area contributed by atoms with E-state index in [1.54, 1.807) is 36.4 Å². The number of benzene rings is 2. The van der Waals surface area contributed by atoms with Crippen LogP contribution in [-0.2, 0) is 22.3 Å². The van der Waals surface area contributed by atoms with Gasteiger partial charge in [-0.15, -0.1) is 0 Å². The van der Waals surface area contributed by atoms with Gasteiger partial charge in [-0.1, -0.05) is 0 Å². The number of hydrogen-bond donors (Lipinski definition) is 1. The molecule has 7 nitrogen and oxygen atoms in total. The van der Waals surface area contributed by atoms with Gasteiger partial charge in [0.25, 0.3) is 0 Å². The van der Waals surface area contributed by atoms with Crippen molar-refractivity contribution < 1.29 is 23.9 Å². The Balaban J connectivity index is 1.31. The molecule has 0 atom stereocenters.